The van der Waals surface area contributed by atoms with Crippen LogP contribution in [0.25, 0.3) is 0 Å². The summed E-state index contributed by atoms with van der Waals surface area (Å²) in [6, 6.07) is 11.3. The first-order valence-corrected chi connectivity index (χ1v) is 6.43. The molecule has 2 N–H and O–H groups in total. The molecule has 1 heterocycles. The quantitative estimate of drug-likeness (QED) is 0.839. The van der Waals surface area contributed by atoms with Crippen LogP contribution >= 0.6 is 0 Å². The lowest BCUT2D eigenvalue weighted by molar-refractivity contribution is 0.298. The van der Waals surface area contributed by atoms with Crippen molar-refractivity contribution in [3.63, 3.8) is 0 Å². The van der Waals surface area contributed by atoms with Gasteiger partial charge >= 0.3 is 0 Å². The van der Waals surface area contributed by atoms with Crippen molar-refractivity contribution >= 4 is 5.96 Å². The molecule has 1 aliphatic rings. The highest BCUT2D eigenvalue weighted by atomic mass is 15.2. The number of hydrogen-bond donors (Lipinski definition) is 2. The number of nitrogens with zero attached hydrogens (tertiary/aromatic N) is 2. The van der Waals surface area contributed by atoms with Crippen LogP contribution in [0, 0.1) is 0 Å². The predicted molar refractivity (Wildman–Crippen MR) is 75.8 cm³/mol. The van der Waals surface area contributed by atoms with E-state index >= 15 is 0 Å². The maximum Gasteiger partial charge on any atom is 0.191 e. The number of guanidine groups is 1. The smallest absolute Gasteiger partial charge is 0.191 e. The van der Waals surface area contributed by atoms with Crippen LogP contribution in [0.1, 0.15) is 18.5 Å². The lowest BCUT2D eigenvalue weighted by atomic mass is 10.1. The highest BCUT2D eigenvalue weighted by Gasteiger charge is 2.17. The highest BCUT2D eigenvalue weighted by Crippen LogP contribution is 2.16. The summed E-state index contributed by atoms with van der Waals surface area (Å²) in [7, 11) is 4.21. The molecule has 2 rings (SSSR count). The summed E-state index contributed by atoms with van der Waals surface area (Å²) in [5, 5.41) is 6.71. The summed E-state index contributed by atoms with van der Waals surface area (Å²) >= 11 is 0. The van der Waals surface area contributed by atoms with Crippen molar-refractivity contribution in [2.45, 2.75) is 19.0 Å². The minimum atomic E-state index is 0.353. The summed E-state index contributed by atoms with van der Waals surface area (Å²) in [6.45, 7) is 3.86. The fourth-order valence-corrected chi connectivity index (χ4v) is 2.13. The first-order chi connectivity index (χ1) is 8.66. The molecule has 98 valence electrons. The van der Waals surface area contributed by atoms with Gasteiger partial charge in [0.15, 0.2) is 5.96 Å². The van der Waals surface area contributed by atoms with Crippen molar-refractivity contribution in [1.82, 2.24) is 15.5 Å². The summed E-state index contributed by atoms with van der Waals surface area (Å²) in [5.41, 5.74) is 1.32. The number of benzene rings is 1. The van der Waals surface area contributed by atoms with Crippen LogP contribution in [0.5, 0.6) is 0 Å². The Labute approximate surface area is 109 Å². The van der Waals surface area contributed by atoms with Gasteiger partial charge < -0.3 is 15.5 Å². The second kappa shape index (κ2) is 5.87. The third kappa shape index (κ3) is 3.23. The van der Waals surface area contributed by atoms with E-state index in [1.807, 2.05) is 6.07 Å². The van der Waals surface area contributed by atoms with E-state index in [0.717, 1.165) is 19.0 Å². The summed E-state index contributed by atoms with van der Waals surface area (Å²) in [4.78, 5) is 6.64. The molecule has 0 amide bonds. The highest BCUT2D eigenvalue weighted by molar-refractivity contribution is 5.81. The molecule has 2 unspecified atom stereocenters. The fraction of sp³-hybridized carbons (Fsp3) is 0.500. The molecule has 1 aromatic rings. The molecule has 0 bridgehead atoms. The van der Waals surface area contributed by atoms with E-state index in [2.05, 4.69) is 65.8 Å². The SMILES string of the molecule is CC1CN=C(NCC(c2ccccc2)N(C)C)N1. The Hall–Kier alpha value is -1.55. The molecule has 2 atom stereocenters. The summed E-state index contributed by atoms with van der Waals surface area (Å²) in [5.74, 6) is 0.922. The molecular formula is C14H22N4. The van der Waals surface area contributed by atoms with E-state index in [4.69, 9.17) is 0 Å². The molecule has 1 aliphatic heterocycles. The first kappa shape index (κ1) is 12.9. The molecule has 1 aromatic carbocycles. The van der Waals surface area contributed by atoms with E-state index < -0.39 is 0 Å². The molecule has 0 aliphatic carbocycles. The van der Waals surface area contributed by atoms with Gasteiger partial charge in [0.05, 0.1) is 12.6 Å². The molecule has 0 fully saturated rings. The van der Waals surface area contributed by atoms with Gasteiger partial charge in [-0.2, -0.15) is 0 Å². The first-order valence-electron chi connectivity index (χ1n) is 6.43. The summed E-state index contributed by atoms with van der Waals surface area (Å²) in [6.07, 6.45) is 0. The molecule has 0 spiro atoms. The Balaban J connectivity index is 1.96. The number of rotatable bonds is 4. The maximum atomic E-state index is 4.42. The van der Waals surface area contributed by atoms with E-state index in [-0.39, 0.29) is 0 Å². The van der Waals surface area contributed by atoms with E-state index in [0.29, 0.717) is 12.1 Å². The topological polar surface area (TPSA) is 39.7 Å². The average molecular weight is 246 g/mol. The van der Waals surface area contributed by atoms with Gasteiger partial charge in [-0.05, 0) is 26.6 Å². The predicted octanol–water partition coefficient (Wildman–Crippen LogP) is 1.23. The van der Waals surface area contributed by atoms with Crippen LogP contribution < -0.4 is 10.6 Å². The standard InChI is InChI=1S/C14H22N4/c1-11-9-15-14(17-11)16-10-13(18(2)3)12-7-5-4-6-8-12/h4-8,11,13H,9-10H2,1-3H3,(H2,15,16,17). The lowest BCUT2D eigenvalue weighted by Crippen LogP contribution is -2.41. The number of nitrogens with one attached hydrogen (secondary N) is 2. The van der Waals surface area contributed by atoms with Gasteiger partial charge in [0.25, 0.3) is 0 Å². The average Bonchev–Trinajstić information content (AvgIpc) is 2.76. The second-order valence-electron chi connectivity index (χ2n) is 5.01. The third-order valence-electron chi connectivity index (χ3n) is 3.18. The van der Waals surface area contributed by atoms with E-state index in [9.17, 15) is 0 Å². The van der Waals surface area contributed by atoms with Crippen molar-refractivity contribution in [1.29, 1.82) is 0 Å². The van der Waals surface area contributed by atoms with Crippen molar-refractivity contribution < 1.29 is 0 Å². The van der Waals surface area contributed by atoms with Crippen LogP contribution in [0.15, 0.2) is 35.3 Å². The molecule has 18 heavy (non-hydrogen) atoms. The van der Waals surface area contributed by atoms with E-state index in [1.165, 1.54) is 5.56 Å². The minimum absolute atomic E-state index is 0.353. The molecular weight excluding hydrogens is 224 g/mol. The third-order valence-corrected chi connectivity index (χ3v) is 3.18. The second-order valence-corrected chi connectivity index (χ2v) is 5.01. The number of aliphatic imine (C=N–C) groups is 1. The minimum Gasteiger partial charge on any atom is -0.354 e. The van der Waals surface area contributed by atoms with Crippen LogP contribution in [0.2, 0.25) is 0 Å². The Morgan fingerprint density at radius 3 is 2.67 bits per heavy atom. The van der Waals surface area contributed by atoms with Gasteiger partial charge in [-0.15, -0.1) is 0 Å². The van der Waals surface area contributed by atoms with Crippen molar-refractivity contribution in [2.75, 3.05) is 27.2 Å². The van der Waals surface area contributed by atoms with Crippen molar-refractivity contribution in [3.8, 4) is 0 Å². The molecule has 0 aromatic heterocycles. The Kier molecular flexibility index (Phi) is 4.20. The van der Waals surface area contributed by atoms with Crippen molar-refractivity contribution in [2.24, 2.45) is 4.99 Å². The van der Waals surface area contributed by atoms with Gasteiger partial charge in [0.2, 0.25) is 0 Å². The molecule has 0 radical (unpaired) electrons. The fourth-order valence-electron chi connectivity index (χ4n) is 2.13. The van der Waals surface area contributed by atoms with Crippen LogP contribution in [0.3, 0.4) is 0 Å². The van der Waals surface area contributed by atoms with Gasteiger partial charge in [-0.1, -0.05) is 30.3 Å². The van der Waals surface area contributed by atoms with Crippen LogP contribution in [0.4, 0.5) is 0 Å². The van der Waals surface area contributed by atoms with Gasteiger partial charge in [0, 0.05) is 12.6 Å². The normalized spacial score (nSPS) is 20.4. The molecule has 4 heteroatoms. The summed E-state index contributed by atoms with van der Waals surface area (Å²) < 4.78 is 0. The zero-order valence-corrected chi connectivity index (χ0v) is 11.4. The Bertz CT molecular complexity index is 400. The Morgan fingerprint density at radius 1 is 1.39 bits per heavy atom. The largest absolute Gasteiger partial charge is 0.354 e. The monoisotopic (exact) mass is 246 g/mol. The molecule has 4 nitrogen and oxygen atoms in total. The van der Waals surface area contributed by atoms with Crippen molar-refractivity contribution in [3.05, 3.63) is 35.9 Å². The molecule has 0 saturated heterocycles. The molecule has 0 saturated carbocycles. The number of hydrogen-bond acceptors (Lipinski definition) is 4. The van der Waals surface area contributed by atoms with Gasteiger partial charge in [-0.25, -0.2) is 0 Å². The van der Waals surface area contributed by atoms with Crippen LogP contribution in [-0.2, 0) is 0 Å². The number of likely N-dealkylation sites (N-methyl/N-ethyl adjacent to an activating group) is 1. The Morgan fingerprint density at radius 2 is 2.11 bits per heavy atom. The van der Waals surface area contributed by atoms with Crippen LogP contribution in [-0.4, -0.2) is 44.1 Å². The zero-order valence-electron chi connectivity index (χ0n) is 11.4. The lowest BCUT2D eigenvalue weighted by Gasteiger charge is -2.25. The van der Waals surface area contributed by atoms with E-state index in [1.54, 1.807) is 0 Å². The zero-order chi connectivity index (χ0) is 13.0. The van der Waals surface area contributed by atoms with Gasteiger partial charge in [0.1, 0.15) is 0 Å². The van der Waals surface area contributed by atoms with Gasteiger partial charge in [-0.3, -0.25) is 4.99 Å². The maximum absolute atomic E-state index is 4.42.